The molecule has 1 heterocycles. The molecule has 0 saturated carbocycles. The first-order valence-corrected chi connectivity index (χ1v) is 4.72. The summed E-state index contributed by atoms with van der Waals surface area (Å²) < 4.78 is 45.6. The molecule has 0 spiro atoms. The van der Waals surface area contributed by atoms with Gasteiger partial charge in [-0.15, -0.1) is 0 Å². The first-order valence-electron chi connectivity index (χ1n) is 3.81. The monoisotopic (exact) mass is 272 g/mol. The van der Waals surface area contributed by atoms with Gasteiger partial charge < -0.3 is 9.15 Å². The predicted octanol–water partition coefficient (Wildman–Crippen LogP) is 3.12. The average Bonchev–Trinajstić information content (AvgIpc) is 2.55. The highest BCUT2D eigenvalue weighted by molar-refractivity contribution is 9.09. The van der Waals surface area contributed by atoms with Crippen LogP contribution in [0.5, 0.6) is 0 Å². The summed E-state index contributed by atoms with van der Waals surface area (Å²) in [7, 11) is 0. The minimum atomic E-state index is -4.27. The lowest BCUT2D eigenvalue weighted by molar-refractivity contribution is -0.138. The van der Waals surface area contributed by atoms with Crippen molar-refractivity contribution in [1.29, 1.82) is 0 Å². The van der Waals surface area contributed by atoms with Crippen molar-refractivity contribution in [2.24, 2.45) is 0 Å². The van der Waals surface area contributed by atoms with E-state index < -0.39 is 17.6 Å². The van der Waals surface area contributed by atoms with Crippen LogP contribution >= 0.6 is 15.9 Å². The number of hydrogen-bond donors (Lipinski definition) is 0. The number of furan rings is 1. The maximum Gasteiger partial charge on any atom is 0.403 e. The maximum absolute atomic E-state index is 12.0. The first-order chi connectivity index (χ1) is 6.50. The van der Waals surface area contributed by atoms with Crippen LogP contribution in [0.4, 0.5) is 13.2 Å². The Labute approximate surface area is 87.2 Å². The first kappa shape index (κ1) is 11.6. The molecule has 1 atom stereocenters. The molecule has 0 aliphatic carbocycles. The Morgan fingerprint density at radius 3 is 2.71 bits per heavy atom. The predicted molar refractivity (Wildman–Crippen MR) is 47.1 cm³/mol. The van der Waals surface area contributed by atoms with Crippen LogP contribution < -0.4 is 0 Å². The van der Waals surface area contributed by atoms with Gasteiger partial charge in [-0.2, -0.15) is 13.2 Å². The van der Waals surface area contributed by atoms with E-state index in [0.29, 0.717) is 5.76 Å². The second-order valence-corrected chi connectivity index (χ2v) is 3.71. The zero-order valence-electron chi connectivity index (χ0n) is 7.05. The van der Waals surface area contributed by atoms with Gasteiger partial charge in [0.1, 0.15) is 17.2 Å². The summed E-state index contributed by atoms with van der Waals surface area (Å²) in [5, 5.41) is 0. The second kappa shape index (κ2) is 4.84. The fourth-order valence-electron chi connectivity index (χ4n) is 0.752. The Morgan fingerprint density at radius 2 is 2.21 bits per heavy atom. The fraction of sp³-hybridized carbons (Fsp3) is 0.500. The maximum atomic E-state index is 12.0. The highest BCUT2D eigenvalue weighted by atomic mass is 79.9. The molecule has 2 nitrogen and oxygen atoms in total. The molecule has 1 unspecified atom stereocenters. The van der Waals surface area contributed by atoms with Crippen LogP contribution in [-0.2, 0) is 11.3 Å². The van der Waals surface area contributed by atoms with Crippen LogP contribution in [0.15, 0.2) is 22.8 Å². The van der Waals surface area contributed by atoms with E-state index in [0.717, 1.165) is 0 Å². The van der Waals surface area contributed by atoms with Gasteiger partial charge in [-0.05, 0) is 12.1 Å². The summed E-state index contributed by atoms with van der Waals surface area (Å²) in [5.41, 5.74) is 0. The van der Waals surface area contributed by atoms with Gasteiger partial charge in [-0.25, -0.2) is 0 Å². The van der Waals surface area contributed by atoms with Gasteiger partial charge in [0.05, 0.1) is 12.9 Å². The quantitative estimate of drug-likeness (QED) is 0.786. The van der Waals surface area contributed by atoms with Crippen molar-refractivity contribution in [3.8, 4) is 0 Å². The van der Waals surface area contributed by atoms with Gasteiger partial charge in [0.2, 0.25) is 0 Å². The van der Waals surface area contributed by atoms with E-state index in [1.807, 2.05) is 0 Å². The Bertz CT molecular complexity index is 258. The Balaban J connectivity index is 2.22. The van der Waals surface area contributed by atoms with Crippen LogP contribution in [0, 0.1) is 0 Å². The van der Waals surface area contributed by atoms with Gasteiger partial charge in [0, 0.05) is 0 Å². The van der Waals surface area contributed by atoms with Gasteiger partial charge in [-0.1, -0.05) is 15.9 Å². The molecule has 0 fully saturated rings. The number of ether oxygens (including phenoxy) is 1. The minimum absolute atomic E-state index is 0.0468. The molecule has 0 N–H and O–H groups in total. The summed E-state index contributed by atoms with van der Waals surface area (Å²) in [6.07, 6.45) is -2.84. The molecule has 1 aromatic rings. The van der Waals surface area contributed by atoms with Gasteiger partial charge in [0.25, 0.3) is 0 Å². The van der Waals surface area contributed by atoms with Crippen molar-refractivity contribution in [2.75, 3.05) is 6.61 Å². The van der Waals surface area contributed by atoms with Crippen molar-refractivity contribution in [1.82, 2.24) is 0 Å². The topological polar surface area (TPSA) is 22.4 Å². The molecule has 0 aliphatic heterocycles. The number of alkyl halides is 4. The van der Waals surface area contributed by atoms with Crippen molar-refractivity contribution in [3.05, 3.63) is 24.2 Å². The average molecular weight is 273 g/mol. The van der Waals surface area contributed by atoms with E-state index in [-0.39, 0.29) is 6.61 Å². The molecule has 0 bridgehead atoms. The standard InChI is InChI=1S/C8H8BrF3O2/c9-7(8(10,11)12)5-13-4-6-2-1-3-14-6/h1-3,7H,4-5H2. The summed E-state index contributed by atoms with van der Waals surface area (Å²) in [4.78, 5) is -1.63. The lowest BCUT2D eigenvalue weighted by Crippen LogP contribution is -2.27. The summed E-state index contributed by atoms with van der Waals surface area (Å²) >= 11 is 2.48. The smallest absolute Gasteiger partial charge is 0.403 e. The molecule has 80 valence electrons. The van der Waals surface area contributed by atoms with Crippen molar-refractivity contribution in [3.63, 3.8) is 0 Å². The van der Waals surface area contributed by atoms with E-state index in [1.54, 1.807) is 12.1 Å². The molecule has 0 aliphatic rings. The summed E-state index contributed by atoms with van der Waals surface area (Å²) in [6, 6.07) is 3.28. The van der Waals surface area contributed by atoms with Crippen molar-refractivity contribution >= 4 is 15.9 Å². The molecular weight excluding hydrogens is 265 g/mol. The Hall–Kier alpha value is -0.490. The third-order valence-corrected chi connectivity index (χ3v) is 2.23. The Morgan fingerprint density at radius 1 is 1.50 bits per heavy atom. The minimum Gasteiger partial charge on any atom is -0.467 e. The number of rotatable bonds is 4. The molecule has 0 saturated heterocycles. The second-order valence-electron chi connectivity index (χ2n) is 2.60. The zero-order valence-corrected chi connectivity index (χ0v) is 8.64. The fourth-order valence-corrected chi connectivity index (χ4v) is 0.939. The summed E-state index contributed by atoms with van der Waals surface area (Å²) in [5.74, 6) is 0.506. The largest absolute Gasteiger partial charge is 0.467 e. The number of hydrogen-bond acceptors (Lipinski definition) is 2. The van der Waals surface area contributed by atoms with Crippen molar-refractivity contribution < 1.29 is 22.3 Å². The van der Waals surface area contributed by atoms with Crippen LogP contribution in [0.1, 0.15) is 5.76 Å². The molecule has 14 heavy (non-hydrogen) atoms. The molecular formula is C8H8BrF3O2. The number of halogens is 4. The van der Waals surface area contributed by atoms with Crippen LogP contribution in [0.3, 0.4) is 0 Å². The van der Waals surface area contributed by atoms with E-state index >= 15 is 0 Å². The highest BCUT2D eigenvalue weighted by Gasteiger charge is 2.37. The lowest BCUT2D eigenvalue weighted by atomic mass is 10.4. The third-order valence-electron chi connectivity index (χ3n) is 1.44. The van der Waals surface area contributed by atoms with E-state index in [9.17, 15) is 13.2 Å². The SMILES string of the molecule is FC(F)(F)C(Br)COCc1ccco1. The van der Waals surface area contributed by atoms with Crippen LogP contribution in [0.25, 0.3) is 0 Å². The van der Waals surface area contributed by atoms with Gasteiger partial charge >= 0.3 is 6.18 Å². The van der Waals surface area contributed by atoms with Crippen LogP contribution in [-0.4, -0.2) is 17.6 Å². The van der Waals surface area contributed by atoms with Gasteiger partial charge in [-0.3, -0.25) is 0 Å². The Kier molecular flexibility index (Phi) is 4.00. The van der Waals surface area contributed by atoms with E-state index in [1.165, 1.54) is 6.26 Å². The van der Waals surface area contributed by atoms with Gasteiger partial charge in [0.15, 0.2) is 0 Å². The third kappa shape index (κ3) is 3.71. The molecule has 1 aromatic heterocycles. The van der Waals surface area contributed by atoms with E-state index in [2.05, 4.69) is 15.9 Å². The highest BCUT2D eigenvalue weighted by Crippen LogP contribution is 2.26. The molecule has 0 radical (unpaired) electrons. The normalized spacial score (nSPS) is 14.3. The molecule has 0 amide bonds. The van der Waals surface area contributed by atoms with Crippen molar-refractivity contribution in [2.45, 2.75) is 17.6 Å². The van der Waals surface area contributed by atoms with E-state index in [4.69, 9.17) is 9.15 Å². The zero-order chi connectivity index (χ0) is 10.6. The summed E-state index contributed by atoms with van der Waals surface area (Å²) in [6.45, 7) is -0.380. The molecule has 1 rings (SSSR count). The molecule has 0 aromatic carbocycles. The molecule has 6 heteroatoms. The lowest BCUT2D eigenvalue weighted by Gasteiger charge is -2.13. The van der Waals surface area contributed by atoms with Crippen LogP contribution in [0.2, 0.25) is 0 Å².